The Bertz CT molecular complexity index is 854. The summed E-state index contributed by atoms with van der Waals surface area (Å²) in [5.41, 5.74) is -2.00. The normalized spacial score (nSPS) is 13.3. The summed E-state index contributed by atoms with van der Waals surface area (Å²) in [6, 6.07) is 2.84. The molecule has 0 bridgehead atoms. The maximum Gasteiger partial charge on any atom is 0.350 e. The van der Waals surface area contributed by atoms with Gasteiger partial charge in [0, 0.05) is 5.56 Å². The molecule has 2 aromatic rings. The summed E-state index contributed by atoms with van der Waals surface area (Å²) in [4.78, 5) is 28.0. The van der Waals surface area contributed by atoms with Gasteiger partial charge in [-0.05, 0) is 25.5 Å². The molecule has 0 spiro atoms. The highest BCUT2D eigenvalue weighted by molar-refractivity contribution is 6.49. The zero-order valence-electron chi connectivity index (χ0n) is 13.0. The zero-order chi connectivity index (χ0) is 18.9. The average molecular weight is 409 g/mol. The summed E-state index contributed by atoms with van der Waals surface area (Å²) >= 11 is 17.9. The third kappa shape index (κ3) is 3.65. The third-order valence-electron chi connectivity index (χ3n) is 3.58. The number of nitro groups is 1. The number of hydrogen-bond acceptors (Lipinski definition) is 5. The summed E-state index contributed by atoms with van der Waals surface area (Å²) in [7, 11) is 0. The van der Waals surface area contributed by atoms with Gasteiger partial charge < -0.3 is 9.94 Å². The van der Waals surface area contributed by atoms with E-state index < -0.39 is 22.2 Å². The van der Waals surface area contributed by atoms with Crippen molar-refractivity contribution in [2.24, 2.45) is 0 Å². The van der Waals surface area contributed by atoms with E-state index >= 15 is 0 Å². The second-order valence-corrected chi connectivity index (χ2v) is 6.39. The second kappa shape index (κ2) is 7.07. The number of aliphatic carboxylic acids is 1. The van der Waals surface area contributed by atoms with Crippen molar-refractivity contribution >= 4 is 46.5 Å². The highest BCUT2D eigenvalue weighted by Gasteiger charge is 2.36. The first kappa shape index (κ1) is 19.3. The smallest absolute Gasteiger partial charge is 0.350 e. The fourth-order valence-corrected chi connectivity index (χ4v) is 2.51. The van der Waals surface area contributed by atoms with Gasteiger partial charge in [-0.2, -0.15) is 0 Å². The van der Waals surface area contributed by atoms with Gasteiger partial charge in [-0.3, -0.25) is 10.1 Å². The zero-order valence-corrected chi connectivity index (χ0v) is 15.3. The van der Waals surface area contributed by atoms with Gasteiger partial charge >= 0.3 is 11.7 Å². The summed E-state index contributed by atoms with van der Waals surface area (Å²) < 4.78 is 0. The van der Waals surface area contributed by atoms with Crippen molar-refractivity contribution in [3.63, 3.8) is 0 Å². The molecule has 2 rings (SSSR count). The Balaban J connectivity index is 2.57. The first-order valence-corrected chi connectivity index (χ1v) is 8.05. The molecule has 1 aromatic carbocycles. The number of rotatable bonds is 6. The summed E-state index contributed by atoms with van der Waals surface area (Å²) in [6.07, 6.45) is 1.07. The topological polar surface area (TPSA) is 107 Å². The molecule has 0 amide bonds. The molecule has 25 heavy (non-hydrogen) atoms. The standard InChI is InChI=1S/C14H12Cl3N3O5/c1-3-14(2,13(21)22)25-19-6-9(20(23)24)12(18-19)7-4-5-8(15)11(17)10(7)16/h4-6H,3H2,1-2H3,(H,21,22). The number of aromatic nitrogens is 2. The molecule has 1 N–H and O–H groups in total. The van der Waals surface area contributed by atoms with Gasteiger partial charge in [0.25, 0.3) is 0 Å². The van der Waals surface area contributed by atoms with E-state index in [0.29, 0.717) is 0 Å². The van der Waals surface area contributed by atoms with Crippen molar-refractivity contribution in [3.8, 4) is 11.3 Å². The molecule has 0 aliphatic carbocycles. The fraction of sp³-hybridized carbons (Fsp3) is 0.286. The maximum atomic E-state index is 11.3. The van der Waals surface area contributed by atoms with Gasteiger partial charge in [0.1, 0.15) is 6.20 Å². The number of carbonyl (C=O) groups is 1. The van der Waals surface area contributed by atoms with Gasteiger partial charge in [-0.1, -0.05) is 46.6 Å². The van der Waals surface area contributed by atoms with Gasteiger partial charge in [0.2, 0.25) is 5.60 Å². The number of halogens is 3. The molecular formula is C14H12Cl3N3O5. The number of carboxylic acids is 1. The minimum atomic E-state index is -1.61. The third-order valence-corrected chi connectivity index (χ3v) is 4.88. The van der Waals surface area contributed by atoms with E-state index in [1.807, 2.05) is 0 Å². The van der Waals surface area contributed by atoms with E-state index in [-0.39, 0.29) is 32.7 Å². The van der Waals surface area contributed by atoms with E-state index in [9.17, 15) is 20.0 Å². The van der Waals surface area contributed by atoms with Crippen molar-refractivity contribution < 1.29 is 19.7 Å². The van der Waals surface area contributed by atoms with Crippen LogP contribution in [0.25, 0.3) is 11.3 Å². The molecule has 134 valence electrons. The Morgan fingerprint density at radius 1 is 1.40 bits per heavy atom. The molecule has 8 nitrogen and oxygen atoms in total. The van der Waals surface area contributed by atoms with Crippen LogP contribution in [0.3, 0.4) is 0 Å². The van der Waals surface area contributed by atoms with Crippen molar-refractivity contribution in [2.45, 2.75) is 25.9 Å². The van der Waals surface area contributed by atoms with E-state index in [0.717, 1.165) is 11.0 Å². The summed E-state index contributed by atoms with van der Waals surface area (Å²) in [6.45, 7) is 2.93. The Morgan fingerprint density at radius 3 is 2.56 bits per heavy atom. The Morgan fingerprint density at radius 2 is 2.04 bits per heavy atom. The molecule has 11 heteroatoms. The van der Waals surface area contributed by atoms with Crippen LogP contribution in [0.4, 0.5) is 5.69 Å². The van der Waals surface area contributed by atoms with Crippen LogP contribution in [0, 0.1) is 10.1 Å². The lowest BCUT2D eigenvalue weighted by atomic mass is 10.1. The molecule has 0 saturated carbocycles. The van der Waals surface area contributed by atoms with Crippen LogP contribution in [-0.4, -0.2) is 31.5 Å². The van der Waals surface area contributed by atoms with Crippen LogP contribution in [-0.2, 0) is 4.79 Å². The summed E-state index contributed by atoms with van der Waals surface area (Å²) in [5.74, 6) is -1.23. The van der Waals surface area contributed by atoms with Crippen molar-refractivity contribution in [1.82, 2.24) is 9.94 Å². The average Bonchev–Trinajstić information content (AvgIpc) is 2.96. The van der Waals surface area contributed by atoms with Gasteiger partial charge in [0.05, 0.1) is 20.0 Å². The van der Waals surface area contributed by atoms with Gasteiger partial charge in [0.15, 0.2) is 5.69 Å². The van der Waals surface area contributed by atoms with E-state index in [1.165, 1.54) is 19.1 Å². The van der Waals surface area contributed by atoms with Crippen molar-refractivity contribution in [1.29, 1.82) is 0 Å². The van der Waals surface area contributed by atoms with Crippen LogP contribution < -0.4 is 4.84 Å². The minimum absolute atomic E-state index is 0.0148. The van der Waals surface area contributed by atoms with Crippen LogP contribution >= 0.6 is 34.8 Å². The van der Waals surface area contributed by atoms with Crippen LogP contribution in [0.15, 0.2) is 18.3 Å². The Labute approximate surface area is 157 Å². The second-order valence-electron chi connectivity index (χ2n) is 5.23. The van der Waals surface area contributed by atoms with E-state index in [2.05, 4.69) is 5.10 Å². The summed E-state index contributed by atoms with van der Waals surface area (Å²) in [5, 5.41) is 24.7. The molecular weight excluding hydrogens is 397 g/mol. The highest BCUT2D eigenvalue weighted by Crippen LogP contribution is 2.40. The molecule has 0 fully saturated rings. The lowest BCUT2D eigenvalue weighted by Gasteiger charge is -2.22. The molecule has 0 aliphatic rings. The predicted octanol–water partition coefficient (Wildman–Crippen LogP) is 4.10. The number of hydrogen-bond donors (Lipinski definition) is 1. The lowest BCUT2D eigenvalue weighted by molar-refractivity contribution is -0.384. The van der Waals surface area contributed by atoms with Gasteiger partial charge in [-0.25, -0.2) is 4.79 Å². The number of nitrogens with zero attached hydrogens (tertiary/aromatic N) is 3. The van der Waals surface area contributed by atoms with Crippen LogP contribution in [0.1, 0.15) is 20.3 Å². The molecule has 1 unspecified atom stereocenters. The Hall–Kier alpha value is -2.03. The molecule has 1 heterocycles. The number of benzene rings is 1. The van der Waals surface area contributed by atoms with Crippen molar-refractivity contribution in [3.05, 3.63) is 43.5 Å². The van der Waals surface area contributed by atoms with E-state index in [1.54, 1.807) is 6.92 Å². The number of carboxylic acid groups (broad SMARTS) is 1. The van der Waals surface area contributed by atoms with Crippen LogP contribution in [0.2, 0.25) is 15.1 Å². The van der Waals surface area contributed by atoms with Gasteiger partial charge in [-0.15, -0.1) is 5.10 Å². The first-order chi connectivity index (χ1) is 11.6. The highest BCUT2D eigenvalue weighted by atomic mass is 35.5. The van der Waals surface area contributed by atoms with E-state index in [4.69, 9.17) is 39.6 Å². The molecule has 0 saturated heterocycles. The Kier molecular flexibility index (Phi) is 5.46. The molecule has 0 aliphatic heterocycles. The minimum Gasteiger partial charge on any atom is -0.478 e. The first-order valence-electron chi connectivity index (χ1n) is 6.91. The molecule has 0 radical (unpaired) electrons. The monoisotopic (exact) mass is 407 g/mol. The maximum absolute atomic E-state index is 11.3. The lowest BCUT2D eigenvalue weighted by Crippen LogP contribution is -2.45. The molecule has 1 atom stereocenters. The van der Waals surface area contributed by atoms with Crippen molar-refractivity contribution in [2.75, 3.05) is 0 Å². The largest absolute Gasteiger partial charge is 0.478 e. The molecule has 1 aromatic heterocycles. The van der Waals surface area contributed by atoms with Crippen LogP contribution in [0.5, 0.6) is 0 Å². The predicted molar refractivity (Wildman–Crippen MR) is 92.3 cm³/mol. The SMILES string of the molecule is CCC(C)(On1cc([N+](=O)[O-])c(-c2ccc(Cl)c(Cl)c2Cl)n1)C(=O)O. The fourth-order valence-electron chi connectivity index (χ4n) is 1.89. The quantitative estimate of drug-likeness (QED) is 0.438.